The van der Waals surface area contributed by atoms with Gasteiger partial charge in [-0.25, -0.2) is 0 Å². The van der Waals surface area contributed by atoms with Crippen molar-refractivity contribution in [2.75, 3.05) is 5.32 Å². The Balaban J connectivity index is 2.76. The fourth-order valence-corrected chi connectivity index (χ4v) is 1.63. The molecule has 0 aromatic heterocycles. The molecule has 5 heteroatoms. The molecule has 0 aliphatic rings. The van der Waals surface area contributed by atoms with Gasteiger partial charge in [-0.1, -0.05) is 25.1 Å². The Labute approximate surface area is 114 Å². The van der Waals surface area contributed by atoms with Crippen molar-refractivity contribution in [1.29, 1.82) is 0 Å². The summed E-state index contributed by atoms with van der Waals surface area (Å²) in [4.78, 5) is 0. The van der Waals surface area contributed by atoms with Crippen LogP contribution in [0.3, 0.4) is 0 Å². The Morgan fingerprint density at radius 3 is 2.74 bits per heavy atom. The molecule has 0 saturated carbocycles. The quantitative estimate of drug-likeness (QED) is 0.306. The van der Waals surface area contributed by atoms with Crippen molar-refractivity contribution in [1.82, 2.24) is 0 Å². The summed E-state index contributed by atoms with van der Waals surface area (Å²) < 4.78 is 5.76. The lowest BCUT2D eigenvalue weighted by molar-refractivity contribution is 0.217. The Morgan fingerprint density at radius 2 is 2.16 bits per heavy atom. The van der Waals surface area contributed by atoms with Gasteiger partial charge in [-0.2, -0.15) is 0 Å². The third-order valence-corrected chi connectivity index (χ3v) is 2.97. The highest BCUT2D eigenvalue weighted by atomic mass is 16.5. The summed E-state index contributed by atoms with van der Waals surface area (Å²) in [6.07, 6.45) is 1.87. The number of nitrogens with zero attached hydrogens (tertiary/aromatic N) is 1. The fourth-order valence-electron chi connectivity index (χ4n) is 1.63. The van der Waals surface area contributed by atoms with Gasteiger partial charge in [-0.05, 0) is 31.9 Å². The standard InChI is InChI=1S/C14H23N3O2/c1-4-10(3)19-12-8-6-7-11(9-12)16-13(5-2)14(15)17-18/h6-10,13,16,18H,4-5H2,1-3H3,(H2,15,17). The molecule has 1 rings (SSSR count). The number of nitrogens with one attached hydrogen (secondary N) is 1. The van der Waals surface area contributed by atoms with Gasteiger partial charge in [0.05, 0.1) is 12.1 Å². The Kier molecular flexibility index (Phi) is 5.99. The third-order valence-electron chi connectivity index (χ3n) is 2.97. The van der Waals surface area contributed by atoms with Crippen molar-refractivity contribution in [3.05, 3.63) is 24.3 Å². The zero-order valence-corrected chi connectivity index (χ0v) is 11.8. The Hall–Kier alpha value is -1.91. The molecule has 1 aromatic rings. The van der Waals surface area contributed by atoms with Crippen LogP contribution < -0.4 is 15.8 Å². The molecule has 0 heterocycles. The first-order valence-corrected chi connectivity index (χ1v) is 6.61. The Morgan fingerprint density at radius 1 is 1.42 bits per heavy atom. The normalized spacial score (nSPS) is 14.8. The lowest BCUT2D eigenvalue weighted by atomic mass is 10.2. The molecule has 0 saturated heterocycles. The fraction of sp³-hybridized carbons (Fsp3) is 0.500. The third kappa shape index (κ3) is 4.69. The number of hydrogen-bond donors (Lipinski definition) is 3. The van der Waals surface area contributed by atoms with E-state index >= 15 is 0 Å². The molecule has 106 valence electrons. The minimum Gasteiger partial charge on any atom is -0.491 e. The summed E-state index contributed by atoms with van der Waals surface area (Å²) >= 11 is 0. The van der Waals surface area contributed by atoms with E-state index in [0.717, 1.165) is 24.3 Å². The topological polar surface area (TPSA) is 79.9 Å². The highest BCUT2D eigenvalue weighted by Gasteiger charge is 2.11. The summed E-state index contributed by atoms with van der Waals surface area (Å²) in [5, 5.41) is 15.0. The van der Waals surface area contributed by atoms with Gasteiger partial charge in [0.15, 0.2) is 5.84 Å². The highest BCUT2D eigenvalue weighted by molar-refractivity contribution is 5.87. The van der Waals surface area contributed by atoms with Gasteiger partial charge in [-0.3, -0.25) is 0 Å². The lowest BCUT2D eigenvalue weighted by Gasteiger charge is -2.18. The van der Waals surface area contributed by atoms with Crippen LogP contribution in [0.25, 0.3) is 0 Å². The molecule has 0 aliphatic heterocycles. The van der Waals surface area contributed by atoms with Crippen molar-refractivity contribution >= 4 is 11.5 Å². The number of rotatable bonds is 7. The SMILES string of the molecule is CCC(C)Oc1cccc(NC(CC)C(N)=NO)c1. The van der Waals surface area contributed by atoms with Gasteiger partial charge in [0.1, 0.15) is 5.75 Å². The van der Waals surface area contributed by atoms with E-state index in [1.807, 2.05) is 38.1 Å². The van der Waals surface area contributed by atoms with Crippen LogP contribution in [0.15, 0.2) is 29.4 Å². The van der Waals surface area contributed by atoms with Crippen LogP contribution >= 0.6 is 0 Å². The van der Waals surface area contributed by atoms with E-state index in [0.29, 0.717) is 0 Å². The number of hydrogen-bond acceptors (Lipinski definition) is 4. The number of oxime groups is 1. The zero-order chi connectivity index (χ0) is 14.3. The van der Waals surface area contributed by atoms with E-state index in [-0.39, 0.29) is 18.0 Å². The molecule has 0 aliphatic carbocycles. The number of ether oxygens (including phenoxy) is 1. The lowest BCUT2D eigenvalue weighted by Crippen LogP contribution is -2.35. The molecule has 0 bridgehead atoms. The molecule has 2 unspecified atom stereocenters. The first kappa shape index (κ1) is 15.1. The predicted octanol–water partition coefficient (Wildman–Crippen LogP) is 2.80. The van der Waals surface area contributed by atoms with Gasteiger partial charge in [-0.15, -0.1) is 0 Å². The maximum Gasteiger partial charge on any atom is 0.161 e. The molecule has 5 nitrogen and oxygen atoms in total. The second kappa shape index (κ2) is 7.51. The number of amidine groups is 1. The molecule has 0 fully saturated rings. The summed E-state index contributed by atoms with van der Waals surface area (Å²) in [5.74, 6) is 0.990. The van der Waals surface area contributed by atoms with Gasteiger partial charge < -0.3 is 21.0 Å². The van der Waals surface area contributed by atoms with Gasteiger partial charge in [0.2, 0.25) is 0 Å². The maximum absolute atomic E-state index is 8.72. The minimum atomic E-state index is -0.191. The number of anilines is 1. The van der Waals surface area contributed by atoms with Gasteiger partial charge in [0, 0.05) is 11.8 Å². The zero-order valence-electron chi connectivity index (χ0n) is 11.8. The first-order valence-electron chi connectivity index (χ1n) is 6.61. The molecule has 0 amide bonds. The molecule has 0 radical (unpaired) electrons. The summed E-state index contributed by atoms with van der Waals surface area (Å²) in [6, 6.07) is 7.49. The smallest absolute Gasteiger partial charge is 0.161 e. The average molecular weight is 265 g/mol. The van der Waals surface area contributed by atoms with Crippen LogP contribution in [-0.2, 0) is 0 Å². The van der Waals surface area contributed by atoms with Crippen molar-refractivity contribution < 1.29 is 9.94 Å². The van der Waals surface area contributed by atoms with Gasteiger partial charge >= 0.3 is 0 Å². The molecule has 0 spiro atoms. The van der Waals surface area contributed by atoms with Crippen LogP contribution in [0.1, 0.15) is 33.6 Å². The average Bonchev–Trinajstić information content (AvgIpc) is 2.44. The highest BCUT2D eigenvalue weighted by Crippen LogP contribution is 2.20. The minimum absolute atomic E-state index is 0.177. The van der Waals surface area contributed by atoms with E-state index in [4.69, 9.17) is 15.7 Å². The maximum atomic E-state index is 8.72. The summed E-state index contributed by atoms with van der Waals surface area (Å²) in [7, 11) is 0. The second-order valence-corrected chi connectivity index (χ2v) is 4.49. The van der Waals surface area contributed by atoms with Crippen LogP contribution in [-0.4, -0.2) is 23.2 Å². The number of benzene rings is 1. The number of nitrogens with two attached hydrogens (primary N) is 1. The van der Waals surface area contributed by atoms with Crippen molar-refractivity contribution in [2.24, 2.45) is 10.9 Å². The molecule has 19 heavy (non-hydrogen) atoms. The molecule has 2 atom stereocenters. The van der Waals surface area contributed by atoms with E-state index in [1.54, 1.807) is 0 Å². The molecular formula is C14H23N3O2. The first-order chi connectivity index (χ1) is 9.10. The van der Waals surface area contributed by atoms with Crippen molar-refractivity contribution in [3.8, 4) is 5.75 Å². The van der Waals surface area contributed by atoms with E-state index in [9.17, 15) is 0 Å². The van der Waals surface area contributed by atoms with Crippen LogP contribution in [0.4, 0.5) is 5.69 Å². The van der Waals surface area contributed by atoms with Crippen LogP contribution in [0.2, 0.25) is 0 Å². The van der Waals surface area contributed by atoms with Crippen LogP contribution in [0.5, 0.6) is 5.75 Å². The second-order valence-electron chi connectivity index (χ2n) is 4.49. The summed E-state index contributed by atoms with van der Waals surface area (Å²) in [6.45, 7) is 6.08. The van der Waals surface area contributed by atoms with E-state index < -0.39 is 0 Å². The van der Waals surface area contributed by atoms with E-state index in [1.165, 1.54) is 0 Å². The monoisotopic (exact) mass is 265 g/mol. The molecular weight excluding hydrogens is 242 g/mol. The van der Waals surface area contributed by atoms with E-state index in [2.05, 4.69) is 17.4 Å². The van der Waals surface area contributed by atoms with Gasteiger partial charge in [0.25, 0.3) is 0 Å². The van der Waals surface area contributed by atoms with Crippen molar-refractivity contribution in [3.63, 3.8) is 0 Å². The Bertz CT molecular complexity index is 421. The summed E-state index contributed by atoms with van der Waals surface area (Å²) in [5.41, 5.74) is 6.51. The predicted molar refractivity (Wildman–Crippen MR) is 77.9 cm³/mol. The molecule has 4 N–H and O–H groups in total. The molecule has 1 aromatic carbocycles. The largest absolute Gasteiger partial charge is 0.491 e. The van der Waals surface area contributed by atoms with Crippen LogP contribution in [0, 0.1) is 0 Å². The van der Waals surface area contributed by atoms with Crippen molar-refractivity contribution in [2.45, 2.75) is 45.8 Å².